The van der Waals surface area contributed by atoms with Crippen LogP contribution in [0.5, 0.6) is 0 Å². The first kappa shape index (κ1) is 30.4. The van der Waals surface area contributed by atoms with E-state index in [0.717, 1.165) is 11.1 Å². The molecule has 1 fully saturated rings. The van der Waals surface area contributed by atoms with Crippen molar-refractivity contribution in [2.24, 2.45) is 5.41 Å². The Hall–Kier alpha value is -6.92. The van der Waals surface area contributed by atoms with Gasteiger partial charge in [0.1, 0.15) is 6.04 Å². The zero-order valence-electron chi connectivity index (χ0n) is 40.0. The molecule has 0 N–H and O–H groups in total. The van der Waals surface area contributed by atoms with Crippen LogP contribution in [0.25, 0.3) is 205 Å². The third-order valence-electron chi connectivity index (χ3n) is 28.2. The maximum atomic E-state index is 7.34. The molecule has 0 saturated carbocycles. The quantitative estimate of drug-likeness (QED) is 0.0863. The first-order chi connectivity index (χ1) is 36.6. The molecule has 1 heterocycles. The number of likely N-dealkylation sites (N-methyl/N-ethyl adjacent to an activating group) is 1. The van der Waals surface area contributed by atoms with Gasteiger partial charge in [0.15, 0.2) is 0 Å². The molecule has 0 amide bonds. The third-order valence-corrected chi connectivity index (χ3v) is 28.2. The molecule has 1 aliphatic heterocycles. The van der Waals surface area contributed by atoms with Crippen molar-refractivity contribution >= 4 is 205 Å². The van der Waals surface area contributed by atoms with Gasteiger partial charge in [-0.15, -0.1) is 0 Å². The van der Waals surface area contributed by atoms with Gasteiger partial charge >= 0.3 is 0 Å². The van der Waals surface area contributed by atoms with Gasteiger partial charge in [-0.3, -0.25) is 0 Å². The smallest absolute Gasteiger partial charge is 0.124 e. The predicted molar refractivity (Wildman–Crippen MR) is 295 cm³/mol. The molecule has 13 aliphatic carbocycles. The van der Waals surface area contributed by atoms with Crippen LogP contribution in [0.4, 0.5) is 0 Å². The van der Waals surface area contributed by atoms with Gasteiger partial charge in [0, 0.05) is 42.6 Å². The number of hydrogen-bond acceptors (Lipinski definition) is 3. The number of likely N-dealkylation sites (tertiary alicyclic amines) is 1. The Morgan fingerprint density at radius 3 is 1.32 bits per heavy atom. The van der Waals surface area contributed by atoms with Gasteiger partial charge in [-0.1, -0.05) is 0 Å². The van der Waals surface area contributed by atoms with Crippen molar-refractivity contribution in [3.63, 3.8) is 0 Å². The highest BCUT2D eigenvalue weighted by molar-refractivity contribution is 6.75. The van der Waals surface area contributed by atoms with Crippen molar-refractivity contribution in [3.05, 3.63) is 77.9 Å². The van der Waals surface area contributed by atoms with E-state index in [0.29, 0.717) is 68.0 Å². The van der Waals surface area contributed by atoms with Crippen LogP contribution in [-0.2, 0) is 19.6 Å². The number of methoxy groups -OCH3 is 1. The van der Waals surface area contributed by atoms with Crippen molar-refractivity contribution in [2.75, 3.05) is 60.8 Å². The van der Waals surface area contributed by atoms with E-state index in [2.05, 4.69) is 14.1 Å². The average Bonchev–Trinajstić information content (AvgIpc) is 4.27. The SMILES string of the molecule is COCCOCCOCC1C23C4=C5C6=C7C8c9c(c%10c%11c%12c%13c%14c%15c(c4c4c%16c%17c%18c%19c%20c(c6c6c%21c%22c(c%23c9c%11c9c%23c%11c%22c%22c(c%20%21)c%19c%19c%17c%17c(c%15%16)c%14c%14c%12c9c9c%11c%22c%19c%17c%149)C68)C5C4%18)C2C%10%13)C73C[N+]1(C)C. The highest BCUT2D eigenvalue weighted by atomic mass is 16.5. The molecule has 0 bridgehead atoms. The van der Waals surface area contributed by atoms with Crippen LogP contribution >= 0.6 is 0 Å². The van der Waals surface area contributed by atoms with Crippen LogP contribution < -0.4 is 0 Å². The molecule has 9 unspecified atom stereocenters. The first-order valence-electron chi connectivity index (χ1n) is 28.6. The summed E-state index contributed by atoms with van der Waals surface area (Å²) >= 11 is 0. The molecule has 0 radical (unpaired) electrons. The lowest BCUT2D eigenvalue weighted by molar-refractivity contribution is -0.907. The number of nitrogens with zero attached hydrogens (tertiary/aromatic N) is 1. The van der Waals surface area contributed by atoms with Crippen molar-refractivity contribution in [1.29, 1.82) is 0 Å². The third kappa shape index (κ3) is 1.73. The topological polar surface area (TPSA) is 27.7 Å². The Morgan fingerprint density at radius 1 is 0.392 bits per heavy atom. The zero-order chi connectivity index (χ0) is 44.9. The van der Waals surface area contributed by atoms with E-state index in [9.17, 15) is 0 Å². The Morgan fingerprint density at radius 2 is 0.784 bits per heavy atom. The van der Waals surface area contributed by atoms with Crippen LogP contribution in [0.15, 0.2) is 11.1 Å². The molecular weight excluding hydrogens is 903 g/mol. The van der Waals surface area contributed by atoms with Gasteiger partial charge in [0.05, 0.1) is 64.5 Å². The molecule has 19 aromatic rings. The van der Waals surface area contributed by atoms with Crippen molar-refractivity contribution < 1.29 is 18.7 Å². The van der Waals surface area contributed by atoms with Crippen molar-refractivity contribution in [1.82, 2.24) is 0 Å². The standard InChI is InChI=1S/C70H28NO3/c1-71(2)9-69-65-57-49-39-29-21-13-11-12-15-19-17(13)25-33-27(19)37-31-23(15)24-16(12)20-18-14(11)22(21)30-36-26(18)34-28(20)38-32(24)42-41(31)53-47(37)55-45(33)51(43(49)35(25)29)59(65)61(55)67-63(53)64-54(42)48(38)56-46(34)52-44(36)50(40(30)39)58(57)66(69)60(52)62(56)68(64)70(67,69)10(71)8-74-7-6-73-5-4-72-3/h10,47,49,55,57,62,68H,4-9H2,1-3H3/q+1. The van der Waals surface area contributed by atoms with Crippen molar-refractivity contribution in [2.45, 2.75) is 47.0 Å². The molecule has 19 aromatic carbocycles. The van der Waals surface area contributed by atoms with Crippen molar-refractivity contribution in [3.8, 4) is 0 Å². The number of allylic oxidation sites excluding steroid dienone is 2. The predicted octanol–water partition coefficient (Wildman–Crippen LogP) is 14.6. The maximum absolute atomic E-state index is 7.34. The minimum atomic E-state index is -0.132. The summed E-state index contributed by atoms with van der Waals surface area (Å²) < 4.78 is 20.0. The monoisotopic (exact) mass is 930 g/mol. The fourth-order valence-corrected chi connectivity index (χ4v) is 28.5. The molecule has 4 nitrogen and oxygen atoms in total. The first-order valence-corrected chi connectivity index (χ1v) is 28.6. The van der Waals surface area contributed by atoms with E-state index in [1.165, 1.54) is 6.54 Å². The molecule has 74 heavy (non-hydrogen) atoms. The van der Waals surface area contributed by atoms with E-state index in [1.54, 1.807) is 212 Å². The Labute approximate surface area is 412 Å². The number of hydrogen-bond donors (Lipinski definition) is 0. The van der Waals surface area contributed by atoms with Crippen LogP contribution in [0.1, 0.15) is 102 Å². The fraction of sp³-hybridized carbons (Fsp3) is 0.257. The number of benzene rings is 13. The molecular formula is C70H28NO3+. The molecule has 2 spiro atoms. The molecule has 9 atom stereocenters. The zero-order valence-corrected chi connectivity index (χ0v) is 40.0. The van der Waals surface area contributed by atoms with E-state index < -0.39 is 0 Å². The Bertz CT molecular complexity index is 6630. The van der Waals surface area contributed by atoms with Gasteiger partial charge in [0.25, 0.3) is 0 Å². The minimum absolute atomic E-state index is 0.121. The van der Waals surface area contributed by atoms with Gasteiger partial charge in [-0.2, -0.15) is 0 Å². The second-order valence-corrected chi connectivity index (χ2v) is 28.7. The van der Waals surface area contributed by atoms with Crippen LogP contribution in [0, 0.1) is 5.41 Å². The van der Waals surface area contributed by atoms with E-state index in [4.69, 9.17) is 14.2 Å². The van der Waals surface area contributed by atoms with Gasteiger partial charge in [0.2, 0.25) is 0 Å². The molecule has 330 valence electrons. The molecule has 4 heteroatoms. The summed E-state index contributed by atoms with van der Waals surface area (Å²) in [6.45, 7) is 4.44. The highest BCUT2D eigenvalue weighted by Crippen LogP contribution is 2.95. The van der Waals surface area contributed by atoms with Crippen LogP contribution in [0.2, 0.25) is 0 Å². The van der Waals surface area contributed by atoms with Crippen LogP contribution in [-0.4, -0.2) is 71.3 Å². The number of rotatable bonds is 8. The molecule has 1 saturated heterocycles. The van der Waals surface area contributed by atoms with E-state index >= 15 is 0 Å². The summed E-state index contributed by atoms with van der Waals surface area (Å²) in [5.41, 5.74) is 29.3. The Balaban J connectivity index is 1.00. The minimum Gasteiger partial charge on any atom is -0.382 e. The molecule has 33 rings (SSSR count). The average molecular weight is 931 g/mol. The molecule has 14 aliphatic rings. The van der Waals surface area contributed by atoms with E-state index in [1.807, 2.05) is 77.9 Å². The van der Waals surface area contributed by atoms with Crippen LogP contribution in [0.3, 0.4) is 0 Å². The fourth-order valence-electron chi connectivity index (χ4n) is 28.5. The lowest BCUT2D eigenvalue weighted by atomic mass is 9.41. The highest BCUT2D eigenvalue weighted by Gasteiger charge is 2.87. The maximum Gasteiger partial charge on any atom is 0.124 e. The summed E-state index contributed by atoms with van der Waals surface area (Å²) in [5.74, 6) is 2.33. The summed E-state index contributed by atoms with van der Waals surface area (Å²) in [6, 6.07) is 0.295. The lowest BCUT2D eigenvalue weighted by Gasteiger charge is -2.57. The largest absolute Gasteiger partial charge is 0.382 e. The summed E-state index contributed by atoms with van der Waals surface area (Å²) in [5, 5.41) is 62.0. The Kier molecular flexibility index (Phi) is 2.96. The summed E-state index contributed by atoms with van der Waals surface area (Å²) in [6.07, 6.45) is 0. The van der Waals surface area contributed by atoms with E-state index in [-0.39, 0.29) is 10.8 Å². The number of ether oxygens (including phenoxy) is 3. The van der Waals surface area contributed by atoms with Gasteiger partial charge < -0.3 is 18.7 Å². The second kappa shape index (κ2) is 7.21. The second-order valence-electron chi connectivity index (χ2n) is 28.7. The van der Waals surface area contributed by atoms with Gasteiger partial charge in [-0.25, -0.2) is 0 Å². The summed E-state index contributed by atoms with van der Waals surface area (Å²) in [7, 11) is 7.17. The molecule has 0 aromatic heterocycles. The summed E-state index contributed by atoms with van der Waals surface area (Å²) in [4.78, 5) is 0. The van der Waals surface area contributed by atoms with Gasteiger partial charge in [-0.05, 0) is 283 Å². The lowest BCUT2D eigenvalue weighted by Crippen LogP contribution is -2.59. The normalized spacial score (nSPS) is 32.1. The number of quaternary nitrogens is 1.